The van der Waals surface area contributed by atoms with Crippen molar-refractivity contribution in [2.75, 3.05) is 38.2 Å². The van der Waals surface area contributed by atoms with E-state index in [0.29, 0.717) is 15.9 Å². The van der Waals surface area contributed by atoms with Crippen LogP contribution in [-0.2, 0) is 17.7 Å². The largest absolute Gasteiger partial charge is 0.464 e. The highest BCUT2D eigenvalue weighted by atomic mass is 32.1. The number of anilines is 1. The van der Waals surface area contributed by atoms with E-state index in [1.54, 1.807) is 12.1 Å². The first-order valence-electron chi connectivity index (χ1n) is 12.2. The fraction of sp³-hybridized carbons (Fsp3) is 0.423. The molecule has 0 saturated carbocycles. The third-order valence-corrected chi connectivity index (χ3v) is 8.53. The number of halogens is 3. The third kappa shape index (κ3) is 4.77. The lowest BCUT2D eigenvalue weighted by atomic mass is 9.86. The fourth-order valence-electron chi connectivity index (χ4n) is 5.79. The van der Waals surface area contributed by atoms with Gasteiger partial charge in [0.05, 0.1) is 18.9 Å². The second-order valence-electron chi connectivity index (χ2n) is 10.1. The summed E-state index contributed by atoms with van der Waals surface area (Å²) in [6.07, 6.45) is -1.64. The molecule has 2 saturated heterocycles. The smallest absolute Gasteiger partial charge is 0.393 e. The number of fused-ring (bicyclic) bond motifs is 2. The summed E-state index contributed by atoms with van der Waals surface area (Å²) in [7, 11) is 1.37. The minimum Gasteiger partial charge on any atom is -0.464 e. The Morgan fingerprint density at radius 3 is 2.81 bits per heavy atom. The molecule has 6 rings (SSSR count). The Balaban J connectivity index is 1.15. The van der Waals surface area contributed by atoms with Crippen LogP contribution < -0.4 is 4.90 Å². The molecule has 194 valence electrons. The van der Waals surface area contributed by atoms with Crippen molar-refractivity contribution in [3.8, 4) is 0 Å². The van der Waals surface area contributed by atoms with E-state index in [9.17, 15) is 18.0 Å². The predicted octanol–water partition coefficient (Wildman–Crippen LogP) is 5.17. The summed E-state index contributed by atoms with van der Waals surface area (Å²) in [6, 6.07) is 9.60. The first-order valence-corrected chi connectivity index (χ1v) is 13.0. The SMILES string of the molecule is COC(=O)c1cc2ccc(CN3CC[C@]4(CCN(c5ncnc6sc(CC(F)(F)F)cc56)C4)C3)cc2[nH]1. The molecular weight excluding hydrogens is 503 g/mol. The van der Waals surface area contributed by atoms with Crippen LogP contribution >= 0.6 is 11.3 Å². The number of hydrogen-bond donors (Lipinski definition) is 1. The van der Waals surface area contributed by atoms with Gasteiger partial charge in [-0.1, -0.05) is 12.1 Å². The minimum absolute atomic E-state index is 0.136. The maximum absolute atomic E-state index is 12.9. The first-order chi connectivity index (χ1) is 17.7. The molecule has 3 aromatic heterocycles. The monoisotopic (exact) mass is 529 g/mol. The molecule has 1 atom stereocenters. The number of carbonyl (C=O) groups excluding carboxylic acids is 1. The number of ether oxygens (including phenoxy) is 1. The molecule has 11 heteroatoms. The maximum atomic E-state index is 12.9. The lowest BCUT2D eigenvalue weighted by Gasteiger charge is -2.25. The average Bonchev–Trinajstić information content (AvgIpc) is 3.63. The van der Waals surface area contributed by atoms with E-state index in [0.717, 1.165) is 73.6 Å². The van der Waals surface area contributed by atoms with E-state index >= 15 is 0 Å². The van der Waals surface area contributed by atoms with Gasteiger partial charge in [-0.2, -0.15) is 13.2 Å². The topological polar surface area (TPSA) is 74.3 Å². The number of aromatic nitrogens is 3. The first kappa shape index (κ1) is 24.2. The van der Waals surface area contributed by atoms with Crippen LogP contribution in [0.15, 0.2) is 36.7 Å². The summed E-state index contributed by atoms with van der Waals surface area (Å²) in [6.45, 7) is 4.41. The van der Waals surface area contributed by atoms with Crippen molar-refractivity contribution in [1.82, 2.24) is 19.9 Å². The Hall–Kier alpha value is -3.18. The zero-order valence-electron chi connectivity index (χ0n) is 20.3. The van der Waals surface area contributed by atoms with Crippen LogP contribution in [0.5, 0.6) is 0 Å². The van der Waals surface area contributed by atoms with Gasteiger partial charge in [-0.05, 0) is 43.1 Å². The van der Waals surface area contributed by atoms with Crippen molar-refractivity contribution in [2.24, 2.45) is 5.41 Å². The molecule has 0 amide bonds. The van der Waals surface area contributed by atoms with Crippen molar-refractivity contribution in [3.63, 3.8) is 0 Å². The summed E-state index contributed by atoms with van der Waals surface area (Å²) in [5, 5.41) is 1.68. The molecule has 4 aromatic rings. The highest BCUT2D eigenvalue weighted by Gasteiger charge is 2.44. The van der Waals surface area contributed by atoms with Crippen LogP contribution in [0.3, 0.4) is 0 Å². The van der Waals surface area contributed by atoms with E-state index < -0.39 is 12.6 Å². The Kier molecular flexibility index (Phi) is 5.87. The number of methoxy groups -OCH3 is 1. The Bertz CT molecular complexity index is 1480. The molecule has 5 heterocycles. The summed E-state index contributed by atoms with van der Waals surface area (Å²) in [5.74, 6) is 0.355. The average molecular weight is 530 g/mol. The van der Waals surface area contributed by atoms with Gasteiger partial charge in [0.15, 0.2) is 0 Å². The van der Waals surface area contributed by atoms with Gasteiger partial charge in [0.2, 0.25) is 0 Å². The molecule has 2 aliphatic rings. The molecule has 2 fully saturated rings. The number of thiophene rings is 1. The lowest BCUT2D eigenvalue weighted by molar-refractivity contribution is -0.126. The van der Waals surface area contributed by atoms with Crippen LogP contribution in [0, 0.1) is 5.41 Å². The zero-order chi connectivity index (χ0) is 25.8. The summed E-state index contributed by atoms with van der Waals surface area (Å²) < 4.78 is 43.6. The Morgan fingerprint density at radius 1 is 1.16 bits per heavy atom. The van der Waals surface area contributed by atoms with E-state index in [4.69, 9.17) is 4.74 Å². The van der Waals surface area contributed by atoms with Crippen molar-refractivity contribution < 1.29 is 22.7 Å². The van der Waals surface area contributed by atoms with Crippen LogP contribution in [0.25, 0.3) is 21.1 Å². The molecule has 1 spiro atoms. The van der Waals surface area contributed by atoms with Crippen LogP contribution in [0.4, 0.5) is 19.0 Å². The number of benzene rings is 1. The third-order valence-electron chi connectivity index (χ3n) is 7.49. The predicted molar refractivity (Wildman–Crippen MR) is 136 cm³/mol. The standard InChI is InChI=1S/C26H26F3N5O2S/c1-36-24(35)21-9-17-3-2-16(8-20(17)32-21)12-33-6-4-25(13-33)5-7-34(14-25)22-19-10-18(11-26(27,28)29)37-23(19)31-15-30-22/h2-3,8-10,15,32H,4-7,11-14H2,1H3/t25-/m0/s1. The molecule has 0 unspecified atom stereocenters. The normalized spacial score (nSPS) is 20.6. The molecule has 7 nitrogen and oxygen atoms in total. The fourth-order valence-corrected chi connectivity index (χ4v) is 6.81. The molecule has 2 aliphatic heterocycles. The molecule has 1 aromatic carbocycles. The van der Waals surface area contributed by atoms with E-state index in [-0.39, 0.29) is 16.3 Å². The molecule has 1 N–H and O–H groups in total. The molecule has 0 bridgehead atoms. The van der Waals surface area contributed by atoms with Crippen molar-refractivity contribution in [2.45, 2.75) is 32.0 Å². The van der Waals surface area contributed by atoms with Gasteiger partial charge in [0.1, 0.15) is 22.7 Å². The van der Waals surface area contributed by atoms with Crippen LogP contribution in [-0.4, -0.2) is 65.3 Å². The van der Waals surface area contributed by atoms with Crippen molar-refractivity contribution in [1.29, 1.82) is 0 Å². The summed E-state index contributed by atoms with van der Waals surface area (Å²) in [4.78, 5) is 29.2. The number of hydrogen-bond acceptors (Lipinski definition) is 7. The number of esters is 1. The number of H-pyrrole nitrogens is 1. The van der Waals surface area contributed by atoms with Gasteiger partial charge in [-0.3, -0.25) is 4.90 Å². The van der Waals surface area contributed by atoms with E-state index in [1.165, 1.54) is 19.0 Å². The van der Waals surface area contributed by atoms with Crippen molar-refractivity contribution in [3.05, 3.63) is 52.8 Å². The quantitative estimate of drug-likeness (QED) is 0.360. The number of carbonyl (C=O) groups is 1. The van der Waals surface area contributed by atoms with Gasteiger partial charge in [-0.25, -0.2) is 14.8 Å². The van der Waals surface area contributed by atoms with Gasteiger partial charge >= 0.3 is 12.1 Å². The number of likely N-dealkylation sites (tertiary alicyclic amines) is 1. The number of nitrogens with one attached hydrogen (secondary N) is 1. The van der Waals surface area contributed by atoms with Gasteiger partial charge in [-0.15, -0.1) is 11.3 Å². The van der Waals surface area contributed by atoms with Crippen LogP contribution in [0.2, 0.25) is 0 Å². The minimum atomic E-state index is -4.24. The zero-order valence-corrected chi connectivity index (χ0v) is 21.1. The van der Waals surface area contributed by atoms with Gasteiger partial charge in [0.25, 0.3) is 0 Å². The number of alkyl halides is 3. The number of aromatic amines is 1. The number of nitrogens with zero attached hydrogens (tertiary/aromatic N) is 4. The van der Waals surface area contributed by atoms with E-state index in [1.807, 2.05) is 6.07 Å². The van der Waals surface area contributed by atoms with Crippen LogP contribution in [0.1, 0.15) is 33.8 Å². The van der Waals surface area contributed by atoms with Gasteiger partial charge in [0, 0.05) is 47.4 Å². The Morgan fingerprint density at radius 2 is 2.00 bits per heavy atom. The summed E-state index contributed by atoms with van der Waals surface area (Å²) in [5.41, 5.74) is 2.66. The lowest BCUT2D eigenvalue weighted by Crippen LogP contribution is -2.31. The van der Waals surface area contributed by atoms with E-state index in [2.05, 4.69) is 36.9 Å². The van der Waals surface area contributed by atoms with Gasteiger partial charge < -0.3 is 14.6 Å². The maximum Gasteiger partial charge on any atom is 0.393 e. The van der Waals surface area contributed by atoms with Crippen molar-refractivity contribution >= 4 is 44.2 Å². The second-order valence-corrected chi connectivity index (χ2v) is 11.3. The molecular formula is C26H26F3N5O2S. The second kappa shape index (κ2) is 8.98. The molecule has 0 radical (unpaired) electrons. The summed E-state index contributed by atoms with van der Waals surface area (Å²) >= 11 is 1.09. The number of rotatable bonds is 5. The molecule has 37 heavy (non-hydrogen) atoms. The highest BCUT2D eigenvalue weighted by Crippen LogP contribution is 2.43. The Labute approximate surface area is 215 Å². The molecule has 0 aliphatic carbocycles. The highest BCUT2D eigenvalue weighted by molar-refractivity contribution is 7.18.